The molecule has 2 rings (SSSR count). The lowest BCUT2D eigenvalue weighted by Crippen LogP contribution is -2.09. The Hall–Kier alpha value is -2.52. The van der Waals surface area contributed by atoms with Crippen LogP contribution in [0, 0.1) is 11.3 Å². The van der Waals surface area contributed by atoms with Gasteiger partial charge in [-0.25, -0.2) is 4.79 Å². The van der Waals surface area contributed by atoms with Crippen LogP contribution in [0.2, 0.25) is 0 Å². The van der Waals surface area contributed by atoms with Crippen LogP contribution in [-0.2, 0) is 4.74 Å². The third-order valence-corrected chi connectivity index (χ3v) is 3.57. The average molecular weight is 376 g/mol. The molecule has 0 aliphatic heterocycles. The van der Waals surface area contributed by atoms with E-state index in [1.165, 1.54) is 7.11 Å². The summed E-state index contributed by atoms with van der Waals surface area (Å²) in [5.74, 6) is 0.884. The molecule has 0 aromatic heterocycles. The van der Waals surface area contributed by atoms with Crippen molar-refractivity contribution >= 4 is 21.9 Å². The number of methoxy groups -OCH3 is 1. The van der Waals surface area contributed by atoms with Crippen LogP contribution in [0.25, 0.3) is 0 Å². The molecule has 0 radical (unpaired) electrons. The molecule has 0 aliphatic carbocycles. The van der Waals surface area contributed by atoms with Crippen LogP contribution in [0.1, 0.15) is 15.9 Å². The van der Waals surface area contributed by atoms with E-state index in [4.69, 9.17) is 14.7 Å². The Morgan fingerprint density at radius 2 is 1.83 bits per heavy atom. The number of hydrogen-bond acceptors (Lipinski definition) is 5. The van der Waals surface area contributed by atoms with Crippen molar-refractivity contribution in [1.82, 2.24) is 0 Å². The van der Waals surface area contributed by atoms with Crippen molar-refractivity contribution in [2.24, 2.45) is 0 Å². The molecule has 23 heavy (non-hydrogen) atoms. The first-order valence-corrected chi connectivity index (χ1v) is 7.57. The van der Waals surface area contributed by atoms with Gasteiger partial charge in [0.2, 0.25) is 0 Å². The molecule has 5 nitrogen and oxygen atoms in total. The lowest BCUT2D eigenvalue weighted by Gasteiger charge is -2.10. The number of benzene rings is 2. The van der Waals surface area contributed by atoms with Gasteiger partial charge in [-0.15, -0.1) is 0 Å². The molecule has 118 valence electrons. The molecule has 0 saturated carbocycles. The Kier molecular flexibility index (Phi) is 6.01. The smallest absolute Gasteiger partial charge is 0.337 e. The van der Waals surface area contributed by atoms with Crippen LogP contribution >= 0.6 is 15.9 Å². The van der Waals surface area contributed by atoms with Crippen molar-refractivity contribution < 1.29 is 19.0 Å². The van der Waals surface area contributed by atoms with Gasteiger partial charge in [-0.05, 0) is 58.4 Å². The second-order valence-electron chi connectivity index (χ2n) is 4.47. The first-order valence-electron chi connectivity index (χ1n) is 6.77. The van der Waals surface area contributed by atoms with Gasteiger partial charge in [0, 0.05) is 0 Å². The Balaban J connectivity index is 1.84. The molecule has 0 amide bonds. The third-order valence-electron chi connectivity index (χ3n) is 2.95. The summed E-state index contributed by atoms with van der Waals surface area (Å²) < 4.78 is 16.4. The van der Waals surface area contributed by atoms with Crippen LogP contribution in [0.4, 0.5) is 0 Å². The number of carbonyl (C=O) groups is 1. The average Bonchev–Trinajstić information content (AvgIpc) is 2.59. The zero-order valence-electron chi connectivity index (χ0n) is 12.4. The minimum atomic E-state index is -0.401. The van der Waals surface area contributed by atoms with Crippen molar-refractivity contribution in [1.29, 1.82) is 5.26 Å². The minimum absolute atomic E-state index is 0.343. The van der Waals surface area contributed by atoms with Gasteiger partial charge in [0.1, 0.15) is 24.7 Å². The fourth-order valence-electron chi connectivity index (χ4n) is 1.80. The Morgan fingerprint density at radius 1 is 1.13 bits per heavy atom. The van der Waals surface area contributed by atoms with E-state index < -0.39 is 5.97 Å². The highest BCUT2D eigenvalue weighted by Gasteiger charge is 2.09. The Morgan fingerprint density at radius 3 is 2.43 bits per heavy atom. The van der Waals surface area contributed by atoms with E-state index in [1.807, 2.05) is 6.07 Å². The third kappa shape index (κ3) is 4.73. The van der Waals surface area contributed by atoms with Gasteiger partial charge in [0.05, 0.1) is 28.8 Å². The highest BCUT2D eigenvalue weighted by molar-refractivity contribution is 9.10. The molecule has 0 N–H and O–H groups in total. The molecule has 0 saturated heterocycles. The van der Waals surface area contributed by atoms with Crippen molar-refractivity contribution in [3.63, 3.8) is 0 Å². The van der Waals surface area contributed by atoms with E-state index in [2.05, 4.69) is 20.7 Å². The van der Waals surface area contributed by atoms with Crippen molar-refractivity contribution in [3.8, 4) is 17.6 Å². The van der Waals surface area contributed by atoms with E-state index in [0.717, 1.165) is 0 Å². The van der Waals surface area contributed by atoms with E-state index in [-0.39, 0.29) is 0 Å². The zero-order valence-corrected chi connectivity index (χ0v) is 14.0. The van der Waals surface area contributed by atoms with E-state index in [9.17, 15) is 4.79 Å². The fraction of sp³-hybridized carbons (Fsp3) is 0.176. The number of hydrogen-bond donors (Lipinski definition) is 0. The highest BCUT2D eigenvalue weighted by atomic mass is 79.9. The van der Waals surface area contributed by atoms with Crippen molar-refractivity contribution in [2.75, 3.05) is 20.3 Å². The number of rotatable bonds is 6. The molecular weight excluding hydrogens is 362 g/mol. The van der Waals surface area contributed by atoms with Gasteiger partial charge in [-0.1, -0.05) is 0 Å². The molecular formula is C17H14BrNO4. The summed E-state index contributed by atoms with van der Waals surface area (Å²) in [5, 5.41) is 8.72. The number of nitriles is 1. The van der Waals surface area contributed by atoms with Crippen LogP contribution in [-0.4, -0.2) is 26.3 Å². The highest BCUT2D eigenvalue weighted by Crippen LogP contribution is 2.26. The van der Waals surface area contributed by atoms with Crippen LogP contribution in [0.15, 0.2) is 46.9 Å². The van der Waals surface area contributed by atoms with Crippen LogP contribution in [0.5, 0.6) is 11.5 Å². The van der Waals surface area contributed by atoms with Gasteiger partial charge >= 0.3 is 5.97 Å². The van der Waals surface area contributed by atoms with Crippen molar-refractivity contribution in [2.45, 2.75) is 0 Å². The molecule has 0 bridgehead atoms. The number of carbonyl (C=O) groups excluding carboxylic acids is 1. The molecule has 0 heterocycles. The normalized spacial score (nSPS) is 9.78. The maximum absolute atomic E-state index is 11.4. The van der Waals surface area contributed by atoms with Gasteiger partial charge in [0.15, 0.2) is 0 Å². The summed E-state index contributed by atoms with van der Waals surface area (Å²) in [7, 11) is 1.33. The summed E-state index contributed by atoms with van der Waals surface area (Å²) in [6.07, 6.45) is 0. The minimum Gasteiger partial charge on any atom is -0.490 e. The quantitative estimate of drug-likeness (QED) is 0.570. The summed E-state index contributed by atoms with van der Waals surface area (Å²) in [5.41, 5.74) is 1.03. The molecule has 0 fully saturated rings. The lowest BCUT2D eigenvalue weighted by molar-refractivity contribution is 0.0600. The molecule has 2 aromatic carbocycles. The summed E-state index contributed by atoms with van der Waals surface area (Å²) in [6.45, 7) is 0.702. The molecule has 0 spiro atoms. The maximum atomic E-state index is 11.4. The number of nitrogens with zero attached hydrogens (tertiary/aromatic N) is 1. The summed E-state index contributed by atoms with van der Waals surface area (Å²) >= 11 is 3.35. The predicted octanol–water partition coefficient (Wildman–Crippen LogP) is 3.57. The van der Waals surface area contributed by atoms with E-state index in [0.29, 0.717) is 40.3 Å². The van der Waals surface area contributed by atoms with E-state index in [1.54, 1.807) is 42.5 Å². The standard InChI is InChI=1S/C17H14BrNO4/c1-21-17(20)13-4-7-16(15(18)10-13)23-9-8-22-14-5-2-12(11-19)3-6-14/h2-7,10H,8-9H2,1H3. The van der Waals surface area contributed by atoms with Gasteiger partial charge in [-0.2, -0.15) is 5.26 Å². The van der Waals surface area contributed by atoms with Crippen molar-refractivity contribution in [3.05, 3.63) is 58.1 Å². The second kappa shape index (κ2) is 8.20. The van der Waals surface area contributed by atoms with Gasteiger partial charge in [-0.3, -0.25) is 0 Å². The first-order chi connectivity index (χ1) is 11.1. The van der Waals surface area contributed by atoms with Gasteiger partial charge < -0.3 is 14.2 Å². The topological polar surface area (TPSA) is 68.6 Å². The Bertz CT molecular complexity index is 722. The largest absolute Gasteiger partial charge is 0.490 e. The lowest BCUT2D eigenvalue weighted by atomic mass is 10.2. The first kappa shape index (κ1) is 16.8. The summed E-state index contributed by atoms with van der Waals surface area (Å²) in [4.78, 5) is 11.4. The number of ether oxygens (including phenoxy) is 3. The molecule has 0 atom stereocenters. The van der Waals surface area contributed by atoms with Crippen LogP contribution in [0.3, 0.4) is 0 Å². The Labute approximate surface area is 142 Å². The molecule has 0 unspecified atom stereocenters. The van der Waals surface area contributed by atoms with E-state index >= 15 is 0 Å². The number of halogens is 1. The second-order valence-corrected chi connectivity index (χ2v) is 5.32. The maximum Gasteiger partial charge on any atom is 0.337 e. The van der Waals surface area contributed by atoms with Crippen LogP contribution < -0.4 is 9.47 Å². The predicted molar refractivity (Wildman–Crippen MR) is 87.6 cm³/mol. The SMILES string of the molecule is COC(=O)c1ccc(OCCOc2ccc(C#N)cc2)c(Br)c1. The molecule has 2 aromatic rings. The fourth-order valence-corrected chi connectivity index (χ4v) is 2.29. The monoisotopic (exact) mass is 375 g/mol. The summed E-state index contributed by atoms with van der Waals surface area (Å²) in [6, 6.07) is 13.9. The molecule has 6 heteroatoms. The molecule has 0 aliphatic rings. The van der Waals surface area contributed by atoms with Gasteiger partial charge in [0.25, 0.3) is 0 Å². The number of esters is 1. The zero-order chi connectivity index (χ0) is 16.7.